The van der Waals surface area contributed by atoms with Crippen LogP contribution in [0.5, 0.6) is 0 Å². The van der Waals surface area contributed by atoms with Gasteiger partial charge < -0.3 is 15.7 Å². The fourth-order valence-corrected chi connectivity index (χ4v) is 14.6. The van der Waals surface area contributed by atoms with Gasteiger partial charge in [0.15, 0.2) is 0 Å². The summed E-state index contributed by atoms with van der Waals surface area (Å²) in [5.41, 5.74) is 0.404. The summed E-state index contributed by atoms with van der Waals surface area (Å²) >= 11 is 26.7. The third-order valence-electron chi connectivity index (χ3n) is 11.4. The van der Waals surface area contributed by atoms with Crippen LogP contribution in [0.3, 0.4) is 0 Å². The van der Waals surface area contributed by atoms with E-state index in [9.17, 15) is 39.9 Å². The van der Waals surface area contributed by atoms with Crippen molar-refractivity contribution in [2.75, 3.05) is 23.8 Å². The average Bonchev–Trinajstić information content (AvgIpc) is 4.11. The van der Waals surface area contributed by atoms with Gasteiger partial charge in [0.2, 0.25) is 11.6 Å². The van der Waals surface area contributed by atoms with Gasteiger partial charge in [0.25, 0.3) is 0 Å². The van der Waals surface area contributed by atoms with Gasteiger partial charge >= 0.3 is 20.6 Å². The minimum atomic E-state index is -4.12. The number of nitrogens with two attached hydrogens (primary N) is 2. The molecule has 4 aromatic heterocycles. The molecule has 8 atom stereocenters. The number of nitrogens with one attached hydrogen (secondary N) is 2. The lowest BCUT2D eigenvalue weighted by Crippen LogP contribution is -2.24. The lowest BCUT2D eigenvalue weighted by Gasteiger charge is -2.15. The predicted octanol–water partition coefficient (Wildman–Crippen LogP) is 7.30. The second-order valence-electron chi connectivity index (χ2n) is 16.4. The van der Waals surface area contributed by atoms with Gasteiger partial charge in [-0.25, -0.2) is 38.6 Å². The Morgan fingerprint density at radius 3 is 1.57 bits per heavy atom. The van der Waals surface area contributed by atoms with E-state index in [4.69, 9.17) is 60.9 Å². The standard InChI is InChI=1S/C22H22Cl2N4O5S3.C21H20Cl2N4O6S3/c1-12-5-15(6-13(12)10-33-36(25,31)32)28-22-17(9-26-11-27-22)20(29)18-8-19(21(24)34-18)35(30)16-4-2-3-14(23)7-16;22-12-2-1-3-14(5-12)35(30)18-7-17(34-20(18)23)19(29)15-8-25-10-26-21(15)27-13-4-11(16(28)6-13)9-33-36(24,31)32/h2-4,7-9,11-13,15H,5-6,10H2,1H3,(H2,25,31,32)(H,26,27,28);1-3,5,7-8,10-11,13,16,28H,4,6,9H2,(H2,24,31,32)(H,25,26,27)/t12-,13+,15-,35?;11-,13-,16+,35?/m01/s1. The van der Waals surface area contributed by atoms with E-state index in [2.05, 4.69) is 34.8 Å². The first-order valence-corrected chi connectivity index (χ1v) is 29.6. The first kappa shape index (κ1) is 55.8. The summed E-state index contributed by atoms with van der Waals surface area (Å²) in [6.45, 7) is 1.74. The number of rotatable bonds is 18. The highest BCUT2D eigenvalue weighted by Gasteiger charge is 2.36. The summed E-state index contributed by atoms with van der Waals surface area (Å²) in [6, 6.07) is 15.8. The molecule has 2 saturated carbocycles. The minimum Gasteiger partial charge on any atom is -0.393 e. The van der Waals surface area contributed by atoms with E-state index in [-0.39, 0.29) is 84.7 Å². The number of anilines is 2. The highest BCUT2D eigenvalue weighted by atomic mass is 35.5. The molecule has 384 valence electrons. The number of aliphatic hydroxyl groups is 1. The maximum Gasteiger partial charge on any atom is 0.333 e. The van der Waals surface area contributed by atoms with Crippen LogP contribution in [0.1, 0.15) is 63.1 Å². The van der Waals surface area contributed by atoms with E-state index < -0.39 is 60.0 Å². The Labute approximate surface area is 446 Å². The van der Waals surface area contributed by atoms with Crippen LogP contribution in [0.15, 0.2) is 105 Å². The van der Waals surface area contributed by atoms with Crippen LogP contribution in [0, 0.1) is 17.8 Å². The Kier molecular flexibility index (Phi) is 18.8. The summed E-state index contributed by atoms with van der Waals surface area (Å²) in [5, 5.41) is 27.4. The van der Waals surface area contributed by atoms with Gasteiger partial charge in [-0.3, -0.25) is 18.0 Å². The molecule has 8 rings (SSSR count). The zero-order valence-corrected chi connectivity index (χ0v) is 45.1. The van der Waals surface area contributed by atoms with Crippen molar-refractivity contribution in [2.24, 2.45) is 28.0 Å². The molecule has 0 spiro atoms. The molecule has 0 aliphatic heterocycles. The molecule has 6 aromatic rings. The summed E-state index contributed by atoms with van der Waals surface area (Å²) in [5.74, 6) is -0.523. The lowest BCUT2D eigenvalue weighted by molar-refractivity contribution is 0.100. The van der Waals surface area contributed by atoms with Gasteiger partial charge in [-0.2, -0.15) is 16.8 Å². The first-order valence-electron chi connectivity index (χ1n) is 21.2. The number of nitrogens with zero attached hydrogens (tertiary/aromatic N) is 4. The molecule has 0 amide bonds. The molecule has 0 bridgehead atoms. The number of aliphatic hydroxyl groups excluding tert-OH is 1. The molecule has 2 aromatic carbocycles. The Balaban J connectivity index is 0.000000211. The molecule has 2 aliphatic carbocycles. The molecule has 0 saturated heterocycles. The van der Waals surface area contributed by atoms with Gasteiger partial charge in [-0.1, -0.05) is 65.5 Å². The highest BCUT2D eigenvalue weighted by Crippen LogP contribution is 2.39. The molecule has 0 radical (unpaired) electrons. The third-order valence-corrected chi connectivity index (χ3v) is 18.8. The second-order valence-corrected chi connectivity index (χ2v) is 25.9. The van der Waals surface area contributed by atoms with Crippen LogP contribution >= 0.6 is 69.1 Å². The fourth-order valence-electron chi connectivity index (χ4n) is 7.92. The first-order chi connectivity index (χ1) is 34.0. The smallest absolute Gasteiger partial charge is 0.333 e. The summed E-state index contributed by atoms with van der Waals surface area (Å²) in [6.07, 6.45) is 6.53. The van der Waals surface area contributed by atoms with Crippen molar-refractivity contribution >= 4 is 134 Å². The minimum absolute atomic E-state index is 0.00597. The Hall–Kier alpha value is -3.90. The Bertz CT molecular complexity index is 3050. The molecule has 72 heavy (non-hydrogen) atoms. The summed E-state index contributed by atoms with van der Waals surface area (Å²) < 4.78 is 80.3. The number of halogens is 4. The van der Waals surface area contributed by atoms with Crippen molar-refractivity contribution in [1.29, 1.82) is 0 Å². The Morgan fingerprint density at radius 1 is 0.694 bits per heavy atom. The monoisotopic (exact) mass is 1180 g/mol. The third kappa shape index (κ3) is 14.7. The number of carbonyl (C=O) groups is 2. The van der Waals surface area contributed by atoms with Gasteiger partial charge in [0.05, 0.1) is 71.6 Å². The number of carbonyl (C=O) groups excluding carboxylic acids is 2. The zero-order chi connectivity index (χ0) is 52.1. The molecule has 4 heterocycles. The number of aromatic nitrogens is 4. The molecular formula is C43H42Cl4N8O11S6. The van der Waals surface area contributed by atoms with Crippen LogP contribution in [0.2, 0.25) is 18.7 Å². The molecular weight excluding hydrogens is 1140 g/mol. The van der Waals surface area contributed by atoms with Crippen molar-refractivity contribution in [3.63, 3.8) is 0 Å². The van der Waals surface area contributed by atoms with Gasteiger partial charge in [0.1, 0.15) is 33.0 Å². The van der Waals surface area contributed by atoms with E-state index >= 15 is 0 Å². The predicted molar refractivity (Wildman–Crippen MR) is 275 cm³/mol. The topological polar surface area (TPSA) is 303 Å². The van der Waals surface area contributed by atoms with Crippen LogP contribution < -0.4 is 20.9 Å². The highest BCUT2D eigenvalue weighted by molar-refractivity contribution is 7.86. The van der Waals surface area contributed by atoms with Crippen molar-refractivity contribution in [3.8, 4) is 0 Å². The quantitative estimate of drug-likeness (QED) is 0.0527. The van der Waals surface area contributed by atoms with Crippen molar-refractivity contribution in [3.05, 3.63) is 125 Å². The normalized spacial score (nSPS) is 20.8. The zero-order valence-electron chi connectivity index (χ0n) is 37.2. The van der Waals surface area contributed by atoms with Gasteiger partial charge in [-0.05, 0) is 86.1 Å². The van der Waals surface area contributed by atoms with Crippen LogP contribution in [0.4, 0.5) is 11.6 Å². The molecule has 2 aliphatic rings. The van der Waals surface area contributed by atoms with E-state index in [1.165, 1.54) is 37.2 Å². The van der Waals surface area contributed by atoms with Crippen LogP contribution in [-0.2, 0) is 50.6 Å². The molecule has 7 N–H and O–H groups in total. The van der Waals surface area contributed by atoms with Crippen LogP contribution in [0.25, 0.3) is 0 Å². The molecule has 2 unspecified atom stereocenters. The van der Waals surface area contributed by atoms with E-state index in [1.807, 2.05) is 6.92 Å². The van der Waals surface area contributed by atoms with Crippen molar-refractivity contribution in [1.82, 2.24) is 19.9 Å². The Morgan fingerprint density at radius 2 is 1.12 bits per heavy atom. The maximum absolute atomic E-state index is 13.4. The number of hydrogen-bond donors (Lipinski definition) is 5. The SMILES string of the molecule is C[C@H]1C[C@H](Nc2ncncc2C(=O)c2cc(S(=O)c3cccc(Cl)c3)c(Cl)s2)C[C@@H]1COS(N)(=O)=O.NS(=O)(=O)OC[C@H]1C[C@@H](Nc2ncncc2C(=O)c2cc(S(=O)c3cccc(Cl)c3)c(Cl)s2)C[C@@H]1O. The second kappa shape index (κ2) is 24.2. The van der Waals surface area contributed by atoms with Crippen LogP contribution in [-0.4, -0.2) is 93.3 Å². The van der Waals surface area contributed by atoms with Gasteiger partial charge in [-0.15, -0.1) is 22.7 Å². The van der Waals surface area contributed by atoms with E-state index in [0.29, 0.717) is 48.3 Å². The van der Waals surface area contributed by atoms with Crippen molar-refractivity contribution < 1.29 is 48.3 Å². The fraction of sp³-hybridized carbons (Fsp3) is 0.302. The number of ketones is 2. The van der Waals surface area contributed by atoms with E-state index in [0.717, 1.165) is 29.1 Å². The largest absolute Gasteiger partial charge is 0.393 e. The summed E-state index contributed by atoms with van der Waals surface area (Å²) in [4.78, 5) is 45.1. The summed E-state index contributed by atoms with van der Waals surface area (Å²) in [7, 11) is -11.4. The molecule has 2 fully saturated rings. The number of thiophene rings is 2. The molecule has 19 nitrogen and oxygen atoms in total. The number of hydrogen-bond acceptors (Lipinski definition) is 19. The van der Waals surface area contributed by atoms with E-state index in [1.54, 1.807) is 48.5 Å². The van der Waals surface area contributed by atoms with Crippen molar-refractivity contribution in [2.45, 2.75) is 70.4 Å². The molecule has 29 heteroatoms. The number of benzene rings is 2. The van der Waals surface area contributed by atoms with Gasteiger partial charge in [0, 0.05) is 50.2 Å². The maximum atomic E-state index is 13.4. The average molecular weight is 1180 g/mol. The lowest BCUT2D eigenvalue weighted by atomic mass is 10.00.